The lowest BCUT2D eigenvalue weighted by Gasteiger charge is -2.08. The largest absolute Gasteiger partial charge is 0.308 e. The minimum Gasteiger partial charge on any atom is -0.308 e. The van der Waals surface area contributed by atoms with Crippen LogP contribution in [0, 0.1) is 3.57 Å². The van der Waals surface area contributed by atoms with E-state index in [0.717, 1.165) is 4.47 Å². The lowest BCUT2D eigenvalue weighted by Crippen LogP contribution is -1.94. The molecule has 1 nitrogen and oxygen atoms in total. The molecule has 0 bridgehead atoms. The molecule has 0 radical (unpaired) electrons. The lowest BCUT2D eigenvalue weighted by atomic mass is 10.2. The summed E-state index contributed by atoms with van der Waals surface area (Å²) in [5.74, 6) is 0. The van der Waals surface area contributed by atoms with Gasteiger partial charge in [-0.05, 0) is 74.9 Å². The summed E-state index contributed by atoms with van der Waals surface area (Å²) in [4.78, 5) is 0. The Morgan fingerprint density at radius 3 is 2.29 bits per heavy atom. The predicted molar refractivity (Wildman–Crippen MR) is 101 cm³/mol. The van der Waals surface area contributed by atoms with Gasteiger partial charge >= 0.3 is 0 Å². The van der Waals surface area contributed by atoms with Gasteiger partial charge in [0.2, 0.25) is 0 Å². The molecule has 1 heterocycles. The van der Waals surface area contributed by atoms with E-state index in [1.807, 2.05) is 0 Å². The van der Waals surface area contributed by atoms with Gasteiger partial charge in [-0.15, -0.1) is 0 Å². The summed E-state index contributed by atoms with van der Waals surface area (Å²) in [7, 11) is 0. The molecule has 0 aliphatic rings. The maximum atomic E-state index is 3.72. The van der Waals surface area contributed by atoms with Crippen molar-refractivity contribution >= 4 is 60.3 Å². The third-order valence-corrected chi connectivity index (χ3v) is 5.09. The monoisotopic (exact) mass is 447 g/mol. The number of benzene rings is 3. The minimum atomic E-state index is 1.12. The van der Waals surface area contributed by atoms with E-state index >= 15 is 0 Å². The van der Waals surface area contributed by atoms with Gasteiger partial charge in [0.1, 0.15) is 0 Å². The van der Waals surface area contributed by atoms with Gasteiger partial charge in [-0.1, -0.05) is 30.3 Å². The van der Waals surface area contributed by atoms with E-state index in [1.165, 1.54) is 31.1 Å². The molecule has 0 amide bonds. The van der Waals surface area contributed by atoms with Gasteiger partial charge in [0.05, 0.1) is 11.0 Å². The molecule has 0 aliphatic carbocycles. The first-order chi connectivity index (χ1) is 10.3. The minimum absolute atomic E-state index is 1.12. The van der Waals surface area contributed by atoms with Crippen LogP contribution in [0.4, 0.5) is 0 Å². The fourth-order valence-corrected chi connectivity index (χ4v) is 3.74. The van der Waals surface area contributed by atoms with Crippen LogP contribution in [0.5, 0.6) is 0 Å². The zero-order valence-electron chi connectivity index (χ0n) is 11.1. The number of para-hydroxylation sites is 2. The average molecular weight is 448 g/mol. The fraction of sp³-hybridized carbons (Fsp3) is 0. The smallest absolute Gasteiger partial charge is 0.0683 e. The lowest BCUT2D eigenvalue weighted by molar-refractivity contribution is 1.17. The number of nitrogens with zero attached hydrogens (tertiary/aromatic N) is 1. The van der Waals surface area contributed by atoms with E-state index in [-0.39, 0.29) is 0 Å². The maximum absolute atomic E-state index is 3.72. The van der Waals surface area contributed by atoms with Gasteiger partial charge in [-0.2, -0.15) is 0 Å². The molecule has 3 aromatic carbocycles. The topological polar surface area (TPSA) is 4.93 Å². The normalized spacial score (nSPS) is 11.3. The van der Waals surface area contributed by atoms with Crippen molar-refractivity contribution < 1.29 is 0 Å². The second-order valence-electron chi connectivity index (χ2n) is 4.96. The van der Waals surface area contributed by atoms with Crippen LogP contribution in [0.3, 0.4) is 0 Å². The van der Waals surface area contributed by atoms with E-state index in [9.17, 15) is 0 Å². The van der Waals surface area contributed by atoms with E-state index in [4.69, 9.17) is 0 Å². The van der Waals surface area contributed by atoms with Crippen LogP contribution in [0.15, 0.2) is 71.2 Å². The van der Waals surface area contributed by atoms with E-state index in [2.05, 4.69) is 110 Å². The van der Waals surface area contributed by atoms with Crippen LogP contribution in [0.1, 0.15) is 0 Å². The second-order valence-corrected chi connectivity index (χ2v) is 7.06. The highest BCUT2D eigenvalue weighted by Gasteiger charge is 2.13. The molecule has 0 spiro atoms. The van der Waals surface area contributed by atoms with Crippen LogP contribution in [-0.4, -0.2) is 4.57 Å². The Balaban J connectivity index is 2.21. The molecular weight excluding hydrogens is 437 g/mol. The quantitative estimate of drug-likeness (QED) is 0.308. The molecule has 0 N–H and O–H groups in total. The summed E-state index contributed by atoms with van der Waals surface area (Å²) in [5, 5.41) is 2.56. The first-order valence-corrected chi connectivity index (χ1v) is 8.56. The van der Waals surface area contributed by atoms with Crippen molar-refractivity contribution in [3.63, 3.8) is 0 Å². The highest BCUT2D eigenvalue weighted by Crippen LogP contribution is 2.35. The van der Waals surface area contributed by atoms with Gasteiger partial charge in [0.15, 0.2) is 0 Å². The SMILES string of the molecule is Brc1cccc2c3ccccc3n(-c3ccc(I)cc3)c12. The number of fused-ring (bicyclic) bond motifs is 3. The first-order valence-electron chi connectivity index (χ1n) is 6.69. The molecule has 4 aromatic rings. The van der Waals surface area contributed by atoms with Crippen molar-refractivity contribution in [3.8, 4) is 5.69 Å². The second kappa shape index (κ2) is 5.14. The predicted octanol–water partition coefficient (Wildman–Crippen LogP) is 6.15. The fourth-order valence-electron chi connectivity index (χ4n) is 2.84. The Labute approximate surface area is 144 Å². The Morgan fingerprint density at radius 1 is 0.762 bits per heavy atom. The third-order valence-electron chi connectivity index (χ3n) is 3.73. The summed E-state index contributed by atoms with van der Waals surface area (Å²) in [6.45, 7) is 0. The molecule has 0 saturated carbocycles. The number of rotatable bonds is 1. The van der Waals surface area contributed by atoms with Gasteiger partial charge in [0, 0.05) is 24.5 Å². The summed E-state index contributed by atoms with van der Waals surface area (Å²) >= 11 is 6.05. The highest BCUT2D eigenvalue weighted by molar-refractivity contribution is 14.1. The Morgan fingerprint density at radius 2 is 1.48 bits per heavy atom. The van der Waals surface area contributed by atoms with Crippen LogP contribution < -0.4 is 0 Å². The van der Waals surface area contributed by atoms with Crippen molar-refractivity contribution in [2.45, 2.75) is 0 Å². The molecule has 0 unspecified atom stereocenters. The van der Waals surface area contributed by atoms with Crippen molar-refractivity contribution in [1.82, 2.24) is 4.57 Å². The molecule has 0 fully saturated rings. The van der Waals surface area contributed by atoms with Crippen LogP contribution in [-0.2, 0) is 0 Å². The standard InChI is InChI=1S/C18H11BrIN/c19-16-6-3-5-15-14-4-1-2-7-17(14)21(18(15)16)13-10-8-12(20)9-11-13/h1-11H. The zero-order valence-corrected chi connectivity index (χ0v) is 14.8. The van der Waals surface area contributed by atoms with Crippen LogP contribution in [0.25, 0.3) is 27.5 Å². The Hall–Kier alpha value is -1.33. The first kappa shape index (κ1) is 13.3. The molecule has 102 valence electrons. The molecule has 1 aromatic heterocycles. The van der Waals surface area contributed by atoms with Gasteiger partial charge in [-0.3, -0.25) is 0 Å². The summed E-state index contributed by atoms with van der Waals surface area (Å²) in [6.07, 6.45) is 0. The summed E-state index contributed by atoms with van der Waals surface area (Å²) in [5.41, 5.74) is 3.65. The Bertz CT molecular complexity index is 954. The summed E-state index contributed by atoms with van der Waals surface area (Å²) < 4.78 is 4.69. The summed E-state index contributed by atoms with van der Waals surface area (Å²) in [6, 6.07) is 23.6. The van der Waals surface area contributed by atoms with E-state index < -0.39 is 0 Å². The average Bonchev–Trinajstić information content (AvgIpc) is 2.84. The van der Waals surface area contributed by atoms with Crippen molar-refractivity contribution in [2.24, 2.45) is 0 Å². The third kappa shape index (κ3) is 2.10. The molecule has 4 rings (SSSR count). The van der Waals surface area contributed by atoms with Crippen molar-refractivity contribution in [3.05, 3.63) is 74.8 Å². The number of halogens is 2. The highest BCUT2D eigenvalue weighted by atomic mass is 127. The number of hydrogen-bond acceptors (Lipinski definition) is 0. The number of hydrogen-bond donors (Lipinski definition) is 0. The van der Waals surface area contributed by atoms with E-state index in [1.54, 1.807) is 0 Å². The van der Waals surface area contributed by atoms with Crippen LogP contribution in [0.2, 0.25) is 0 Å². The molecule has 0 saturated heterocycles. The molecule has 3 heteroatoms. The zero-order chi connectivity index (χ0) is 14.4. The molecule has 0 atom stereocenters. The van der Waals surface area contributed by atoms with Gasteiger partial charge < -0.3 is 4.57 Å². The van der Waals surface area contributed by atoms with Crippen molar-refractivity contribution in [1.29, 1.82) is 0 Å². The van der Waals surface area contributed by atoms with Crippen molar-refractivity contribution in [2.75, 3.05) is 0 Å². The molecule has 0 aliphatic heterocycles. The van der Waals surface area contributed by atoms with Gasteiger partial charge in [-0.25, -0.2) is 0 Å². The molecular formula is C18H11BrIN. The van der Waals surface area contributed by atoms with E-state index in [0.29, 0.717) is 0 Å². The van der Waals surface area contributed by atoms with Crippen LogP contribution >= 0.6 is 38.5 Å². The Kier molecular flexibility index (Phi) is 3.27. The number of aromatic nitrogens is 1. The molecule has 21 heavy (non-hydrogen) atoms. The van der Waals surface area contributed by atoms with Gasteiger partial charge in [0.25, 0.3) is 0 Å². The maximum Gasteiger partial charge on any atom is 0.0683 e.